The molecule has 1 aromatic carbocycles. The normalized spacial score (nSPS) is 20.6. The van der Waals surface area contributed by atoms with E-state index in [1.807, 2.05) is 34.9 Å². The van der Waals surface area contributed by atoms with Gasteiger partial charge in [0.25, 0.3) is 0 Å². The molecule has 1 aliphatic rings. The van der Waals surface area contributed by atoms with Crippen LogP contribution in [0.1, 0.15) is 21.0 Å². The van der Waals surface area contributed by atoms with E-state index in [1.54, 1.807) is 6.33 Å². The van der Waals surface area contributed by atoms with Gasteiger partial charge in [0.1, 0.15) is 16.2 Å². The molecule has 2 aromatic heterocycles. The van der Waals surface area contributed by atoms with Crippen molar-refractivity contribution in [2.75, 3.05) is 0 Å². The molecule has 7 heteroatoms. The van der Waals surface area contributed by atoms with Crippen LogP contribution in [0.25, 0.3) is 10.2 Å². The van der Waals surface area contributed by atoms with Crippen LogP contribution < -0.4 is 0 Å². The number of benzene rings is 1. The lowest BCUT2D eigenvalue weighted by atomic mass is 10.1. The van der Waals surface area contributed by atoms with Gasteiger partial charge in [-0.3, -0.25) is 0 Å². The number of hydrogen-bond acceptors (Lipinski definition) is 5. The van der Waals surface area contributed by atoms with E-state index in [0.29, 0.717) is 9.98 Å². The van der Waals surface area contributed by atoms with Gasteiger partial charge in [-0.2, -0.15) is 0 Å². The smallest absolute Gasteiger partial charge is 0.128 e. The minimum absolute atomic E-state index is 0.465. The summed E-state index contributed by atoms with van der Waals surface area (Å²) in [5.74, 6) is 0.945. The molecule has 118 valence electrons. The highest BCUT2D eigenvalue weighted by molar-refractivity contribution is 8.06. The highest BCUT2D eigenvalue weighted by Crippen LogP contribution is 2.53. The molecule has 3 aromatic rings. The molecule has 0 spiro atoms. The van der Waals surface area contributed by atoms with Gasteiger partial charge in [0.2, 0.25) is 0 Å². The first-order valence-electron chi connectivity index (χ1n) is 7.32. The standard InChI is InChI=1S/C16H16N2P2S3/c19-11-6-10-12-14(21-7-9-4-2-1-3-5-9)17-8-18-15(12)23-13(10)16(20)22-11/h1-5,8,11,16H,6-7,19-20H2. The molecule has 0 bridgehead atoms. The van der Waals surface area contributed by atoms with Crippen LogP contribution in [-0.4, -0.2) is 15.0 Å². The molecule has 0 radical (unpaired) electrons. The monoisotopic (exact) mass is 394 g/mol. The molecule has 0 saturated carbocycles. The fraction of sp³-hybridized carbons (Fsp3) is 0.250. The van der Waals surface area contributed by atoms with E-state index in [0.717, 1.165) is 22.0 Å². The van der Waals surface area contributed by atoms with Gasteiger partial charge in [0.15, 0.2) is 0 Å². The van der Waals surface area contributed by atoms with Gasteiger partial charge in [-0.15, -0.1) is 53.3 Å². The first kappa shape index (κ1) is 16.3. The highest BCUT2D eigenvalue weighted by Gasteiger charge is 2.28. The van der Waals surface area contributed by atoms with E-state index in [1.165, 1.54) is 21.4 Å². The summed E-state index contributed by atoms with van der Waals surface area (Å²) in [6.45, 7) is 0. The summed E-state index contributed by atoms with van der Waals surface area (Å²) < 4.78 is 0. The third-order valence-electron chi connectivity index (χ3n) is 3.79. The molecule has 4 rings (SSSR count). The average Bonchev–Trinajstić information content (AvgIpc) is 2.93. The molecule has 4 unspecified atom stereocenters. The molecule has 0 amide bonds. The Morgan fingerprint density at radius 2 is 2.00 bits per heavy atom. The fourth-order valence-electron chi connectivity index (χ4n) is 2.75. The first-order valence-corrected chi connectivity index (χ1v) is 11.4. The van der Waals surface area contributed by atoms with Gasteiger partial charge in [-0.1, -0.05) is 30.3 Å². The topological polar surface area (TPSA) is 25.8 Å². The molecule has 1 aliphatic heterocycles. The van der Waals surface area contributed by atoms with Crippen LogP contribution in [0.15, 0.2) is 41.7 Å². The van der Waals surface area contributed by atoms with E-state index < -0.39 is 0 Å². The number of nitrogens with zero attached hydrogens (tertiary/aromatic N) is 2. The lowest BCUT2D eigenvalue weighted by Crippen LogP contribution is -2.07. The summed E-state index contributed by atoms with van der Waals surface area (Å²) >= 11 is 5.64. The van der Waals surface area contributed by atoms with E-state index in [4.69, 9.17) is 0 Å². The molecule has 23 heavy (non-hydrogen) atoms. The van der Waals surface area contributed by atoms with Crippen LogP contribution in [-0.2, 0) is 12.2 Å². The Bertz CT molecular complexity index is 838. The first-order chi connectivity index (χ1) is 11.2. The van der Waals surface area contributed by atoms with Gasteiger partial charge in [-0.25, -0.2) is 9.97 Å². The largest absolute Gasteiger partial charge is 0.229 e. The third-order valence-corrected chi connectivity index (χ3v) is 9.02. The van der Waals surface area contributed by atoms with Crippen molar-refractivity contribution in [2.45, 2.75) is 27.2 Å². The van der Waals surface area contributed by atoms with Crippen molar-refractivity contribution < 1.29 is 0 Å². The van der Waals surface area contributed by atoms with Crippen molar-refractivity contribution in [1.82, 2.24) is 9.97 Å². The predicted molar refractivity (Wildman–Crippen MR) is 111 cm³/mol. The van der Waals surface area contributed by atoms with Crippen molar-refractivity contribution in [2.24, 2.45) is 0 Å². The predicted octanol–water partition coefficient (Wildman–Crippen LogP) is 5.35. The van der Waals surface area contributed by atoms with E-state index in [9.17, 15) is 0 Å². The quantitative estimate of drug-likeness (QED) is 0.340. The second kappa shape index (κ2) is 6.98. The molecule has 0 N–H and O–H groups in total. The van der Waals surface area contributed by atoms with Crippen LogP contribution in [0.2, 0.25) is 0 Å². The van der Waals surface area contributed by atoms with Crippen LogP contribution in [0.5, 0.6) is 0 Å². The number of rotatable bonds is 3. The fourth-order valence-corrected chi connectivity index (χ4v) is 8.36. The number of thioether (sulfide) groups is 2. The molecule has 2 nitrogen and oxygen atoms in total. The number of thiophene rings is 1. The SMILES string of the molecule is PC1Cc2c(sc3ncnc(SCc4ccccc4)c23)C(P)S1. The van der Waals surface area contributed by atoms with Crippen molar-refractivity contribution in [3.63, 3.8) is 0 Å². The van der Waals surface area contributed by atoms with Crippen LogP contribution >= 0.6 is 53.3 Å². The van der Waals surface area contributed by atoms with Crippen LogP contribution in [0.4, 0.5) is 0 Å². The molecule has 0 fully saturated rings. The van der Waals surface area contributed by atoms with Crippen LogP contribution in [0.3, 0.4) is 0 Å². The molecule has 4 atom stereocenters. The zero-order valence-electron chi connectivity index (χ0n) is 12.3. The molecule has 0 saturated heterocycles. The van der Waals surface area contributed by atoms with Gasteiger partial charge in [0.05, 0.1) is 4.99 Å². The van der Waals surface area contributed by atoms with Crippen molar-refractivity contribution in [3.8, 4) is 0 Å². The second-order valence-electron chi connectivity index (χ2n) is 5.38. The maximum atomic E-state index is 4.59. The molecular weight excluding hydrogens is 378 g/mol. The van der Waals surface area contributed by atoms with E-state index in [-0.39, 0.29) is 0 Å². The average molecular weight is 394 g/mol. The molecule has 3 heterocycles. The Morgan fingerprint density at radius 1 is 1.17 bits per heavy atom. The molecule has 0 aliphatic carbocycles. The zero-order chi connectivity index (χ0) is 15.8. The van der Waals surface area contributed by atoms with Crippen molar-refractivity contribution in [3.05, 3.63) is 52.7 Å². The summed E-state index contributed by atoms with van der Waals surface area (Å²) in [6, 6.07) is 10.6. The summed E-state index contributed by atoms with van der Waals surface area (Å²) in [4.78, 5) is 12.7. The Hall–Kier alpha value is -0.180. The Balaban J connectivity index is 1.73. The summed E-state index contributed by atoms with van der Waals surface area (Å²) in [5.41, 5.74) is 2.79. The van der Waals surface area contributed by atoms with Crippen molar-refractivity contribution >= 4 is 63.6 Å². The number of fused-ring (bicyclic) bond motifs is 3. The lowest BCUT2D eigenvalue weighted by Gasteiger charge is -2.23. The zero-order valence-corrected chi connectivity index (χ0v) is 17.1. The minimum atomic E-state index is 0.465. The van der Waals surface area contributed by atoms with Crippen LogP contribution in [0, 0.1) is 0 Å². The summed E-state index contributed by atoms with van der Waals surface area (Å²) in [5, 5.41) is 2.41. The van der Waals surface area contributed by atoms with E-state index in [2.05, 4.69) is 58.8 Å². The maximum absolute atomic E-state index is 4.59. The highest BCUT2D eigenvalue weighted by atomic mass is 32.2. The summed E-state index contributed by atoms with van der Waals surface area (Å²) in [6.07, 6.45) is 2.79. The lowest BCUT2D eigenvalue weighted by molar-refractivity contribution is 1.05. The minimum Gasteiger partial charge on any atom is -0.229 e. The Labute approximate surface area is 153 Å². The second-order valence-corrected chi connectivity index (χ2v) is 11.2. The van der Waals surface area contributed by atoms with Gasteiger partial charge in [0, 0.05) is 21.0 Å². The van der Waals surface area contributed by atoms with Gasteiger partial charge < -0.3 is 0 Å². The maximum Gasteiger partial charge on any atom is 0.128 e. The third kappa shape index (κ3) is 3.32. The number of aromatic nitrogens is 2. The Kier molecular flexibility index (Phi) is 4.94. The molecular formula is C16H16N2P2S3. The number of hydrogen-bond donors (Lipinski definition) is 0. The van der Waals surface area contributed by atoms with Gasteiger partial charge in [-0.05, 0) is 17.5 Å². The van der Waals surface area contributed by atoms with Gasteiger partial charge >= 0.3 is 0 Å². The Morgan fingerprint density at radius 3 is 2.83 bits per heavy atom. The summed E-state index contributed by atoms with van der Waals surface area (Å²) in [7, 11) is 5.94. The van der Waals surface area contributed by atoms with Crippen molar-refractivity contribution in [1.29, 1.82) is 0 Å². The van der Waals surface area contributed by atoms with E-state index >= 15 is 0 Å².